The van der Waals surface area contributed by atoms with Crippen LogP contribution in [-0.4, -0.2) is 4.98 Å². The van der Waals surface area contributed by atoms with Crippen LogP contribution in [0.1, 0.15) is 37.1 Å². The number of aromatic nitrogens is 1. The number of hydrogen-bond acceptors (Lipinski definition) is 2. The Hall–Kier alpha value is -1.41. The van der Waals surface area contributed by atoms with Crippen molar-refractivity contribution in [1.29, 1.82) is 0 Å². The highest BCUT2D eigenvalue weighted by Gasteiger charge is 2.43. The lowest BCUT2D eigenvalue weighted by molar-refractivity contribution is 0.451. The van der Waals surface area contributed by atoms with E-state index in [1.165, 1.54) is 23.8 Å². The van der Waals surface area contributed by atoms with Gasteiger partial charge in [0.15, 0.2) is 0 Å². The number of benzene rings is 1. The molecule has 2 N–H and O–H groups in total. The normalized spacial score (nSPS) is 19.2. The summed E-state index contributed by atoms with van der Waals surface area (Å²) in [7, 11) is 0. The minimum Gasteiger partial charge on any atom is -0.323 e. The molecule has 2 nitrogen and oxygen atoms in total. The van der Waals surface area contributed by atoms with Gasteiger partial charge < -0.3 is 5.73 Å². The van der Waals surface area contributed by atoms with Crippen LogP contribution in [0.4, 0.5) is 0 Å². The molecule has 1 atom stereocenters. The van der Waals surface area contributed by atoms with Crippen LogP contribution in [0.2, 0.25) is 0 Å². The second-order valence-corrected chi connectivity index (χ2v) is 5.54. The number of pyridine rings is 1. The van der Waals surface area contributed by atoms with Crippen molar-refractivity contribution < 1.29 is 0 Å². The Morgan fingerprint density at radius 3 is 2.71 bits per heavy atom. The van der Waals surface area contributed by atoms with Crippen molar-refractivity contribution in [2.75, 3.05) is 0 Å². The van der Waals surface area contributed by atoms with Crippen molar-refractivity contribution in [2.24, 2.45) is 11.1 Å². The average molecular weight is 226 g/mol. The highest BCUT2D eigenvalue weighted by molar-refractivity contribution is 5.79. The van der Waals surface area contributed by atoms with Gasteiger partial charge in [0, 0.05) is 17.1 Å². The van der Waals surface area contributed by atoms with Gasteiger partial charge in [-0.1, -0.05) is 19.1 Å². The number of fused-ring (bicyclic) bond motifs is 1. The van der Waals surface area contributed by atoms with Crippen molar-refractivity contribution in [1.82, 2.24) is 4.98 Å². The fraction of sp³-hybridized carbons (Fsp3) is 0.400. The third-order valence-electron chi connectivity index (χ3n) is 4.00. The average Bonchev–Trinajstić information content (AvgIpc) is 3.07. The SMILES string of the molecule is Cc1ccc2cc(C(N)C3(C)CC3)ccc2n1. The van der Waals surface area contributed by atoms with Gasteiger partial charge in [-0.2, -0.15) is 0 Å². The van der Waals surface area contributed by atoms with Crippen molar-refractivity contribution in [3.63, 3.8) is 0 Å². The third kappa shape index (κ3) is 1.83. The summed E-state index contributed by atoms with van der Waals surface area (Å²) in [4.78, 5) is 4.51. The van der Waals surface area contributed by atoms with Crippen molar-refractivity contribution in [3.8, 4) is 0 Å². The first-order valence-corrected chi connectivity index (χ1v) is 6.21. The molecule has 0 radical (unpaired) electrons. The van der Waals surface area contributed by atoms with Crippen LogP contribution >= 0.6 is 0 Å². The number of aryl methyl sites for hydroxylation is 1. The molecule has 88 valence electrons. The zero-order valence-corrected chi connectivity index (χ0v) is 10.4. The van der Waals surface area contributed by atoms with E-state index in [0.29, 0.717) is 5.41 Å². The van der Waals surface area contributed by atoms with Crippen LogP contribution in [0.15, 0.2) is 30.3 Å². The molecule has 1 aromatic heterocycles. The smallest absolute Gasteiger partial charge is 0.0705 e. The fourth-order valence-electron chi connectivity index (χ4n) is 2.35. The molecule has 17 heavy (non-hydrogen) atoms. The van der Waals surface area contributed by atoms with E-state index >= 15 is 0 Å². The van der Waals surface area contributed by atoms with Crippen molar-refractivity contribution in [3.05, 3.63) is 41.6 Å². The molecule has 0 aliphatic heterocycles. The van der Waals surface area contributed by atoms with Gasteiger partial charge in [-0.05, 0) is 48.9 Å². The van der Waals surface area contributed by atoms with E-state index < -0.39 is 0 Å². The summed E-state index contributed by atoms with van der Waals surface area (Å²) >= 11 is 0. The summed E-state index contributed by atoms with van der Waals surface area (Å²) in [6.07, 6.45) is 2.50. The molecular weight excluding hydrogens is 208 g/mol. The fourth-order valence-corrected chi connectivity index (χ4v) is 2.35. The zero-order valence-electron chi connectivity index (χ0n) is 10.4. The zero-order chi connectivity index (χ0) is 12.0. The molecule has 0 saturated heterocycles. The minimum atomic E-state index is 0.160. The Kier molecular flexibility index (Phi) is 2.23. The summed E-state index contributed by atoms with van der Waals surface area (Å²) in [6, 6.07) is 10.7. The maximum absolute atomic E-state index is 6.34. The van der Waals surface area contributed by atoms with Gasteiger partial charge in [-0.3, -0.25) is 4.98 Å². The lowest BCUT2D eigenvalue weighted by atomic mass is 9.92. The Morgan fingerprint density at radius 2 is 2.00 bits per heavy atom. The molecule has 0 bridgehead atoms. The first kappa shape index (κ1) is 10.7. The molecule has 0 amide bonds. The largest absolute Gasteiger partial charge is 0.323 e. The predicted octanol–water partition coefficient (Wildman–Crippen LogP) is 3.34. The van der Waals surface area contributed by atoms with Crippen LogP contribution in [0.3, 0.4) is 0 Å². The van der Waals surface area contributed by atoms with Crippen LogP contribution in [0, 0.1) is 12.3 Å². The number of hydrogen-bond donors (Lipinski definition) is 1. The molecule has 1 unspecified atom stereocenters. The molecule has 3 rings (SSSR count). The Labute approximate surface area is 102 Å². The number of nitrogens with zero attached hydrogens (tertiary/aromatic N) is 1. The van der Waals surface area contributed by atoms with Crippen LogP contribution in [0.5, 0.6) is 0 Å². The first-order valence-electron chi connectivity index (χ1n) is 6.21. The Balaban J connectivity index is 2.04. The number of nitrogens with two attached hydrogens (primary N) is 1. The molecule has 1 aliphatic rings. The molecule has 1 aromatic carbocycles. The Morgan fingerprint density at radius 1 is 1.24 bits per heavy atom. The molecule has 2 aromatic rings. The van der Waals surface area contributed by atoms with E-state index in [4.69, 9.17) is 5.73 Å². The molecule has 1 aliphatic carbocycles. The molecule has 1 heterocycles. The summed E-state index contributed by atoms with van der Waals surface area (Å²) in [5, 5.41) is 1.19. The molecular formula is C15H18N2. The van der Waals surface area contributed by atoms with Crippen LogP contribution < -0.4 is 5.73 Å². The molecule has 2 heteroatoms. The van der Waals surface area contributed by atoms with Gasteiger partial charge in [0.2, 0.25) is 0 Å². The minimum absolute atomic E-state index is 0.160. The van der Waals surface area contributed by atoms with Crippen molar-refractivity contribution >= 4 is 10.9 Å². The second kappa shape index (κ2) is 3.54. The maximum atomic E-state index is 6.34. The predicted molar refractivity (Wildman–Crippen MR) is 70.7 cm³/mol. The second-order valence-electron chi connectivity index (χ2n) is 5.54. The van der Waals surface area contributed by atoms with Gasteiger partial charge in [0.25, 0.3) is 0 Å². The van der Waals surface area contributed by atoms with E-state index in [9.17, 15) is 0 Å². The standard InChI is InChI=1S/C15H18N2/c1-10-3-4-11-9-12(5-6-13(11)17-10)14(16)15(2)7-8-15/h3-6,9,14H,7-8,16H2,1-2H3. The highest BCUT2D eigenvalue weighted by Crippen LogP contribution is 2.53. The quantitative estimate of drug-likeness (QED) is 0.853. The van der Waals surface area contributed by atoms with Gasteiger partial charge in [0.1, 0.15) is 0 Å². The monoisotopic (exact) mass is 226 g/mol. The molecule has 1 fully saturated rings. The van der Waals surface area contributed by atoms with Crippen LogP contribution in [-0.2, 0) is 0 Å². The van der Waals surface area contributed by atoms with E-state index in [2.05, 4.69) is 42.2 Å². The highest BCUT2D eigenvalue weighted by atomic mass is 14.7. The lowest BCUT2D eigenvalue weighted by Crippen LogP contribution is -2.19. The van der Waals surface area contributed by atoms with E-state index in [1.807, 2.05) is 6.92 Å². The van der Waals surface area contributed by atoms with Gasteiger partial charge in [0.05, 0.1) is 5.52 Å². The Bertz CT molecular complexity index is 570. The van der Waals surface area contributed by atoms with Crippen LogP contribution in [0.25, 0.3) is 10.9 Å². The number of rotatable bonds is 2. The molecule has 1 saturated carbocycles. The van der Waals surface area contributed by atoms with E-state index in [1.54, 1.807) is 0 Å². The topological polar surface area (TPSA) is 38.9 Å². The van der Waals surface area contributed by atoms with E-state index in [-0.39, 0.29) is 6.04 Å². The van der Waals surface area contributed by atoms with Gasteiger partial charge >= 0.3 is 0 Å². The third-order valence-corrected chi connectivity index (χ3v) is 4.00. The first-order chi connectivity index (χ1) is 8.08. The summed E-state index contributed by atoms with van der Waals surface area (Å²) in [5.41, 5.74) is 10.0. The molecule has 0 spiro atoms. The summed E-state index contributed by atoms with van der Waals surface area (Å²) in [6.45, 7) is 4.29. The van der Waals surface area contributed by atoms with Gasteiger partial charge in [-0.25, -0.2) is 0 Å². The summed E-state index contributed by atoms with van der Waals surface area (Å²) in [5.74, 6) is 0. The summed E-state index contributed by atoms with van der Waals surface area (Å²) < 4.78 is 0. The van der Waals surface area contributed by atoms with E-state index in [0.717, 1.165) is 11.2 Å². The lowest BCUT2D eigenvalue weighted by Gasteiger charge is -2.19. The maximum Gasteiger partial charge on any atom is 0.0705 e. The van der Waals surface area contributed by atoms with Crippen molar-refractivity contribution in [2.45, 2.75) is 32.7 Å². The van der Waals surface area contributed by atoms with Gasteiger partial charge in [-0.15, -0.1) is 0 Å².